The summed E-state index contributed by atoms with van der Waals surface area (Å²) in [5.74, 6) is -1.10. The second kappa shape index (κ2) is 8.40. The molecule has 28 heavy (non-hydrogen) atoms. The molecule has 3 aromatic rings. The van der Waals surface area contributed by atoms with Crippen LogP contribution in [0.25, 0.3) is 5.69 Å². The van der Waals surface area contributed by atoms with Gasteiger partial charge in [-0.1, -0.05) is 11.8 Å². The quantitative estimate of drug-likeness (QED) is 0.405. The first-order chi connectivity index (χ1) is 13.3. The lowest BCUT2D eigenvalue weighted by Crippen LogP contribution is -2.23. The van der Waals surface area contributed by atoms with Crippen LogP contribution >= 0.6 is 27.7 Å². The van der Waals surface area contributed by atoms with Gasteiger partial charge in [-0.05, 0) is 48.2 Å². The smallest absolute Gasteiger partial charge is 0.273 e. The van der Waals surface area contributed by atoms with Crippen LogP contribution in [0.3, 0.4) is 0 Å². The Morgan fingerprint density at radius 3 is 2.64 bits per heavy atom. The molecule has 0 saturated carbocycles. The second-order valence-electron chi connectivity index (χ2n) is 5.96. The highest BCUT2D eigenvalue weighted by atomic mass is 79.9. The van der Waals surface area contributed by atoms with Crippen molar-refractivity contribution in [2.45, 2.75) is 25.6 Å². The SMILES string of the molecule is CSc1ncc(-n2c(C)cc(OCc3ccc(F)cc3F)c(Br)c2=O)c(C)n1. The molecule has 2 aromatic heterocycles. The highest BCUT2D eigenvalue weighted by Crippen LogP contribution is 2.26. The van der Waals surface area contributed by atoms with Crippen molar-refractivity contribution in [1.82, 2.24) is 14.5 Å². The minimum atomic E-state index is -0.706. The predicted octanol–water partition coefficient (Wildman–Crippen LogP) is 4.59. The molecular formula is C19H16BrF2N3O2S. The van der Waals surface area contributed by atoms with Crippen LogP contribution in [-0.2, 0) is 6.61 Å². The molecule has 2 heterocycles. The Morgan fingerprint density at radius 2 is 2.00 bits per heavy atom. The van der Waals surface area contributed by atoms with E-state index in [4.69, 9.17) is 4.74 Å². The van der Waals surface area contributed by atoms with Gasteiger partial charge >= 0.3 is 0 Å². The van der Waals surface area contributed by atoms with E-state index in [9.17, 15) is 13.6 Å². The van der Waals surface area contributed by atoms with Crippen molar-refractivity contribution in [2.75, 3.05) is 6.26 Å². The second-order valence-corrected chi connectivity index (χ2v) is 7.52. The van der Waals surface area contributed by atoms with Crippen LogP contribution in [-0.4, -0.2) is 20.8 Å². The van der Waals surface area contributed by atoms with Crippen LogP contribution in [0.15, 0.2) is 44.9 Å². The molecule has 0 atom stereocenters. The number of hydrogen-bond acceptors (Lipinski definition) is 5. The first kappa shape index (κ1) is 20.5. The molecule has 0 radical (unpaired) electrons. The van der Waals surface area contributed by atoms with Crippen LogP contribution in [0.1, 0.15) is 17.0 Å². The fourth-order valence-electron chi connectivity index (χ4n) is 2.64. The Bertz CT molecular complexity index is 1110. The average Bonchev–Trinajstić information content (AvgIpc) is 2.66. The monoisotopic (exact) mass is 467 g/mol. The normalized spacial score (nSPS) is 10.9. The molecule has 0 amide bonds. The first-order valence-electron chi connectivity index (χ1n) is 8.18. The number of halogens is 3. The minimum Gasteiger partial charge on any atom is -0.487 e. The molecule has 1 aromatic carbocycles. The van der Waals surface area contributed by atoms with Crippen LogP contribution in [0.5, 0.6) is 5.75 Å². The zero-order valence-corrected chi connectivity index (χ0v) is 17.7. The summed E-state index contributed by atoms with van der Waals surface area (Å²) < 4.78 is 34.1. The number of benzene rings is 1. The number of hydrogen-bond donors (Lipinski definition) is 0. The lowest BCUT2D eigenvalue weighted by molar-refractivity contribution is 0.296. The van der Waals surface area contributed by atoms with Crippen molar-refractivity contribution in [1.29, 1.82) is 0 Å². The van der Waals surface area contributed by atoms with Gasteiger partial charge in [0.2, 0.25) is 0 Å². The third kappa shape index (κ3) is 4.10. The number of aryl methyl sites for hydroxylation is 2. The number of thioether (sulfide) groups is 1. The lowest BCUT2D eigenvalue weighted by Gasteiger charge is -2.16. The third-order valence-electron chi connectivity index (χ3n) is 4.05. The van der Waals surface area contributed by atoms with E-state index >= 15 is 0 Å². The largest absolute Gasteiger partial charge is 0.487 e. The van der Waals surface area contributed by atoms with E-state index in [2.05, 4.69) is 25.9 Å². The van der Waals surface area contributed by atoms with Gasteiger partial charge in [-0.15, -0.1) is 0 Å². The molecule has 9 heteroatoms. The predicted molar refractivity (Wildman–Crippen MR) is 107 cm³/mol. The van der Waals surface area contributed by atoms with Crippen molar-refractivity contribution in [2.24, 2.45) is 0 Å². The van der Waals surface area contributed by atoms with Gasteiger partial charge in [0.25, 0.3) is 5.56 Å². The van der Waals surface area contributed by atoms with E-state index in [1.54, 1.807) is 26.1 Å². The van der Waals surface area contributed by atoms with Crippen LogP contribution < -0.4 is 10.3 Å². The number of ether oxygens (including phenoxy) is 1. The van der Waals surface area contributed by atoms with E-state index in [1.807, 2.05) is 6.26 Å². The molecule has 0 aliphatic heterocycles. The van der Waals surface area contributed by atoms with Gasteiger partial charge < -0.3 is 4.74 Å². The summed E-state index contributed by atoms with van der Waals surface area (Å²) in [4.78, 5) is 21.5. The first-order valence-corrected chi connectivity index (χ1v) is 10.2. The molecule has 0 fully saturated rings. The number of aromatic nitrogens is 3. The average molecular weight is 468 g/mol. The Kier molecular flexibility index (Phi) is 6.14. The van der Waals surface area contributed by atoms with Crippen LogP contribution in [0, 0.1) is 25.5 Å². The summed E-state index contributed by atoms with van der Waals surface area (Å²) in [6, 6.07) is 4.91. The summed E-state index contributed by atoms with van der Waals surface area (Å²) in [6.45, 7) is 3.41. The molecule has 146 valence electrons. The molecular weight excluding hydrogens is 452 g/mol. The maximum absolute atomic E-state index is 13.8. The Balaban J connectivity index is 1.95. The van der Waals surface area contributed by atoms with Crippen molar-refractivity contribution in [3.63, 3.8) is 0 Å². The van der Waals surface area contributed by atoms with Crippen LogP contribution in [0.4, 0.5) is 8.78 Å². The maximum Gasteiger partial charge on any atom is 0.273 e. The summed E-state index contributed by atoms with van der Waals surface area (Å²) in [5, 5.41) is 0.618. The van der Waals surface area contributed by atoms with Gasteiger partial charge in [-0.3, -0.25) is 9.36 Å². The minimum absolute atomic E-state index is 0.141. The molecule has 0 aliphatic carbocycles. The van der Waals surface area contributed by atoms with E-state index in [1.165, 1.54) is 22.4 Å². The number of pyridine rings is 1. The highest BCUT2D eigenvalue weighted by Gasteiger charge is 2.16. The Hall–Kier alpha value is -2.26. The molecule has 3 rings (SSSR count). The molecule has 0 N–H and O–H groups in total. The van der Waals surface area contributed by atoms with Gasteiger partial charge in [0.1, 0.15) is 28.5 Å². The molecule has 0 aliphatic rings. The summed E-state index contributed by atoms with van der Waals surface area (Å²) >= 11 is 4.68. The molecule has 5 nitrogen and oxygen atoms in total. The standard InChI is InChI=1S/C19H16BrF2N3O2S/c1-10-6-16(27-9-12-4-5-13(21)7-14(12)22)17(20)18(26)25(10)15-8-23-19(28-3)24-11(15)2/h4-8H,9H2,1-3H3. The van der Waals surface area contributed by atoms with E-state index in [-0.39, 0.29) is 28.0 Å². The zero-order valence-electron chi connectivity index (χ0n) is 15.3. The lowest BCUT2D eigenvalue weighted by atomic mass is 10.2. The molecule has 0 unspecified atom stereocenters. The van der Waals surface area contributed by atoms with Gasteiger partial charge in [-0.2, -0.15) is 0 Å². The van der Waals surface area contributed by atoms with Crippen molar-refractivity contribution in [3.8, 4) is 11.4 Å². The van der Waals surface area contributed by atoms with Gasteiger partial charge in [0.05, 0.1) is 17.6 Å². The van der Waals surface area contributed by atoms with Crippen molar-refractivity contribution >= 4 is 27.7 Å². The molecule has 0 bridgehead atoms. The maximum atomic E-state index is 13.8. The van der Waals surface area contributed by atoms with Gasteiger partial charge in [0, 0.05) is 23.4 Å². The van der Waals surface area contributed by atoms with E-state index in [0.29, 0.717) is 22.2 Å². The Morgan fingerprint density at radius 1 is 1.25 bits per heavy atom. The van der Waals surface area contributed by atoms with Gasteiger partial charge in [-0.25, -0.2) is 18.7 Å². The van der Waals surface area contributed by atoms with Crippen LogP contribution in [0.2, 0.25) is 0 Å². The van der Waals surface area contributed by atoms with E-state index < -0.39 is 11.6 Å². The fourth-order valence-corrected chi connectivity index (χ4v) is 3.43. The number of nitrogens with zero attached hydrogens (tertiary/aromatic N) is 3. The summed E-state index contributed by atoms with van der Waals surface area (Å²) in [7, 11) is 0. The summed E-state index contributed by atoms with van der Waals surface area (Å²) in [5.41, 5.74) is 1.67. The highest BCUT2D eigenvalue weighted by molar-refractivity contribution is 9.10. The topological polar surface area (TPSA) is 57.0 Å². The third-order valence-corrected chi connectivity index (χ3v) is 5.34. The fraction of sp³-hybridized carbons (Fsp3) is 0.211. The molecule has 0 spiro atoms. The van der Waals surface area contributed by atoms with Crippen molar-refractivity contribution in [3.05, 3.63) is 73.9 Å². The van der Waals surface area contributed by atoms with E-state index in [0.717, 1.165) is 12.1 Å². The van der Waals surface area contributed by atoms with Gasteiger partial charge in [0.15, 0.2) is 5.16 Å². The number of rotatable bonds is 5. The van der Waals surface area contributed by atoms with Crippen molar-refractivity contribution < 1.29 is 13.5 Å². The zero-order chi connectivity index (χ0) is 20.4. The molecule has 0 saturated heterocycles. The summed E-state index contributed by atoms with van der Waals surface area (Å²) in [6.07, 6.45) is 3.47. The Labute approximate surface area is 172 Å².